The zero-order valence-electron chi connectivity index (χ0n) is 14.3. The fraction of sp³-hybridized carbons (Fsp3) is 0.333. The highest BCUT2D eigenvalue weighted by molar-refractivity contribution is 5.83. The molecule has 0 bridgehead atoms. The van der Waals surface area contributed by atoms with Gasteiger partial charge in [-0.25, -0.2) is 5.43 Å². The van der Waals surface area contributed by atoms with Gasteiger partial charge in [-0.1, -0.05) is 6.92 Å². The molecule has 0 saturated heterocycles. The van der Waals surface area contributed by atoms with Gasteiger partial charge in [0.1, 0.15) is 0 Å². The lowest BCUT2D eigenvalue weighted by atomic mass is 10.2. The van der Waals surface area contributed by atoms with Crippen LogP contribution in [0.25, 0.3) is 0 Å². The first-order valence-electron chi connectivity index (χ1n) is 7.87. The van der Waals surface area contributed by atoms with Gasteiger partial charge in [-0.15, -0.1) is 0 Å². The van der Waals surface area contributed by atoms with E-state index in [1.54, 1.807) is 13.3 Å². The SMILES string of the molecule is CCCOc1ccc(C=NNC(=O)Cc2cccn2C)cc1OC. The van der Waals surface area contributed by atoms with Crippen LogP contribution in [0.3, 0.4) is 0 Å². The van der Waals surface area contributed by atoms with Crippen molar-refractivity contribution >= 4 is 12.1 Å². The number of aromatic nitrogens is 1. The molecule has 0 spiro atoms. The third-order valence-corrected chi connectivity index (χ3v) is 3.45. The Morgan fingerprint density at radius 2 is 2.17 bits per heavy atom. The third kappa shape index (κ3) is 4.87. The molecule has 2 rings (SSSR count). The van der Waals surface area contributed by atoms with Crippen LogP contribution >= 0.6 is 0 Å². The number of nitrogens with one attached hydrogen (secondary N) is 1. The highest BCUT2D eigenvalue weighted by Crippen LogP contribution is 2.27. The van der Waals surface area contributed by atoms with E-state index < -0.39 is 0 Å². The second-order valence-electron chi connectivity index (χ2n) is 5.34. The van der Waals surface area contributed by atoms with Gasteiger partial charge < -0.3 is 14.0 Å². The van der Waals surface area contributed by atoms with Gasteiger partial charge in [0.15, 0.2) is 11.5 Å². The summed E-state index contributed by atoms with van der Waals surface area (Å²) in [4.78, 5) is 11.9. The molecular formula is C18H23N3O3. The number of nitrogens with zero attached hydrogens (tertiary/aromatic N) is 2. The number of ether oxygens (including phenoxy) is 2. The molecule has 0 aliphatic heterocycles. The fourth-order valence-corrected chi connectivity index (χ4v) is 2.16. The molecule has 0 aliphatic carbocycles. The van der Waals surface area contributed by atoms with E-state index in [4.69, 9.17) is 9.47 Å². The summed E-state index contributed by atoms with van der Waals surface area (Å²) in [5, 5.41) is 3.99. The first kappa shape index (κ1) is 17.6. The average Bonchev–Trinajstić information content (AvgIpc) is 2.98. The Labute approximate surface area is 142 Å². The highest BCUT2D eigenvalue weighted by atomic mass is 16.5. The molecule has 6 nitrogen and oxygen atoms in total. The predicted octanol–water partition coefficient (Wildman–Crippen LogP) is 2.52. The van der Waals surface area contributed by atoms with E-state index >= 15 is 0 Å². The first-order valence-corrected chi connectivity index (χ1v) is 7.87. The minimum absolute atomic E-state index is 0.164. The van der Waals surface area contributed by atoms with Crippen LogP contribution in [0.1, 0.15) is 24.6 Å². The second-order valence-corrected chi connectivity index (χ2v) is 5.34. The van der Waals surface area contributed by atoms with Gasteiger partial charge in [0.05, 0.1) is 26.4 Å². The van der Waals surface area contributed by atoms with E-state index in [9.17, 15) is 4.79 Å². The molecule has 0 aliphatic rings. The van der Waals surface area contributed by atoms with Crippen LogP contribution in [0.4, 0.5) is 0 Å². The van der Waals surface area contributed by atoms with Crippen molar-refractivity contribution in [3.05, 3.63) is 47.8 Å². The van der Waals surface area contributed by atoms with E-state index in [1.165, 1.54) is 0 Å². The fourth-order valence-electron chi connectivity index (χ4n) is 2.16. The molecule has 0 saturated carbocycles. The van der Waals surface area contributed by atoms with Crippen LogP contribution in [-0.2, 0) is 18.3 Å². The number of aryl methyl sites for hydroxylation is 1. The molecule has 0 atom stereocenters. The molecule has 6 heteroatoms. The number of hydrazone groups is 1. The molecule has 0 unspecified atom stereocenters. The summed E-state index contributed by atoms with van der Waals surface area (Å²) in [6, 6.07) is 9.32. The van der Waals surface area contributed by atoms with Crippen LogP contribution < -0.4 is 14.9 Å². The molecule has 0 radical (unpaired) electrons. The third-order valence-electron chi connectivity index (χ3n) is 3.45. The molecule has 1 aromatic carbocycles. The summed E-state index contributed by atoms with van der Waals surface area (Å²) in [5.74, 6) is 1.18. The van der Waals surface area contributed by atoms with Gasteiger partial charge in [0.2, 0.25) is 5.91 Å². The molecule has 24 heavy (non-hydrogen) atoms. The van der Waals surface area contributed by atoms with E-state index in [2.05, 4.69) is 10.5 Å². The lowest BCUT2D eigenvalue weighted by Gasteiger charge is -2.10. The van der Waals surface area contributed by atoms with Crippen molar-refractivity contribution < 1.29 is 14.3 Å². The van der Waals surface area contributed by atoms with Crippen LogP contribution in [0, 0.1) is 0 Å². The van der Waals surface area contributed by atoms with Gasteiger partial charge in [0.25, 0.3) is 0 Å². The number of methoxy groups -OCH3 is 1. The Bertz CT molecular complexity index is 707. The van der Waals surface area contributed by atoms with E-state index in [1.807, 2.05) is 55.1 Å². The van der Waals surface area contributed by atoms with Gasteiger partial charge in [-0.05, 0) is 42.3 Å². The summed E-state index contributed by atoms with van der Waals surface area (Å²) in [6.45, 7) is 2.69. The van der Waals surface area contributed by atoms with Gasteiger partial charge in [-0.2, -0.15) is 5.10 Å². The number of hydrogen-bond donors (Lipinski definition) is 1. The number of rotatable bonds is 8. The minimum Gasteiger partial charge on any atom is -0.493 e. The second kappa shape index (κ2) is 8.76. The lowest BCUT2D eigenvalue weighted by molar-refractivity contribution is -0.120. The van der Waals surface area contributed by atoms with Crippen molar-refractivity contribution in [2.45, 2.75) is 19.8 Å². The van der Waals surface area contributed by atoms with Gasteiger partial charge in [0, 0.05) is 18.9 Å². The van der Waals surface area contributed by atoms with E-state index in [0.717, 1.165) is 17.7 Å². The smallest absolute Gasteiger partial charge is 0.245 e. The molecule has 1 N–H and O–H groups in total. The summed E-state index contributed by atoms with van der Waals surface area (Å²) < 4.78 is 12.8. The normalized spacial score (nSPS) is 10.8. The van der Waals surface area contributed by atoms with Crippen LogP contribution in [0.5, 0.6) is 11.5 Å². The Hall–Kier alpha value is -2.76. The number of amides is 1. The van der Waals surface area contributed by atoms with Crippen LogP contribution in [0.15, 0.2) is 41.6 Å². The molecule has 2 aromatic rings. The zero-order valence-corrected chi connectivity index (χ0v) is 14.3. The van der Waals surface area contributed by atoms with E-state index in [-0.39, 0.29) is 12.3 Å². The van der Waals surface area contributed by atoms with Crippen LogP contribution in [-0.4, -0.2) is 30.4 Å². The Morgan fingerprint density at radius 1 is 1.33 bits per heavy atom. The Balaban J connectivity index is 1.93. The maximum Gasteiger partial charge on any atom is 0.245 e. The topological polar surface area (TPSA) is 64.8 Å². The van der Waals surface area contributed by atoms with Gasteiger partial charge >= 0.3 is 0 Å². The molecular weight excluding hydrogens is 306 g/mol. The van der Waals surface area contributed by atoms with Crippen molar-refractivity contribution in [1.82, 2.24) is 9.99 Å². The Morgan fingerprint density at radius 3 is 2.83 bits per heavy atom. The first-order chi connectivity index (χ1) is 11.6. The van der Waals surface area contributed by atoms with Gasteiger partial charge in [-0.3, -0.25) is 4.79 Å². The molecule has 1 aromatic heterocycles. The highest BCUT2D eigenvalue weighted by Gasteiger charge is 2.06. The van der Waals surface area contributed by atoms with Crippen molar-refractivity contribution in [1.29, 1.82) is 0 Å². The van der Waals surface area contributed by atoms with E-state index in [0.29, 0.717) is 18.1 Å². The number of benzene rings is 1. The maximum atomic E-state index is 11.9. The van der Waals surface area contributed by atoms with Crippen molar-refractivity contribution in [2.24, 2.45) is 12.1 Å². The standard InChI is InChI=1S/C18H23N3O3/c1-4-10-24-16-8-7-14(11-17(16)23-3)13-19-20-18(22)12-15-6-5-9-21(15)2/h5-9,11,13H,4,10,12H2,1-3H3,(H,20,22). The number of hydrogen-bond acceptors (Lipinski definition) is 4. The average molecular weight is 329 g/mol. The Kier molecular flexibility index (Phi) is 6.42. The largest absolute Gasteiger partial charge is 0.493 e. The molecule has 1 amide bonds. The zero-order chi connectivity index (χ0) is 17.4. The lowest BCUT2D eigenvalue weighted by Crippen LogP contribution is -2.20. The predicted molar refractivity (Wildman–Crippen MR) is 93.6 cm³/mol. The maximum absolute atomic E-state index is 11.9. The molecule has 1 heterocycles. The van der Waals surface area contributed by atoms with Crippen molar-refractivity contribution in [3.63, 3.8) is 0 Å². The molecule has 128 valence electrons. The molecule has 0 fully saturated rings. The quantitative estimate of drug-likeness (QED) is 0.598. The summed E-state index contributed by atoms with van der Waals surface area (Å²) in [5.41, 5.74) is 4.28. The number of carbonyl (C=O) groups excluding carboxylic acids is 1. The monoisotopic (exact) mass is 329 g/mol. The van der Waals surface area contributed by atoms with Crippen LogP contribution in [0.2, 0.25) is 0 Å². The van der Waals surface area contributed by atoms with Crippen molar-refractivity contribution in [2.75, 3.05) is 13.7 Å². The summed E-state index contributed by atoms with van der Waals surface area (Å²) in [6.07, 6.45) is 4.70. The summed E-state index contributed by atoms with van der Waals surface area (Å²) in [7, 11) is 3.50. The van der Waals surface area contributed by atoms with Crippen molar-refractivity contribution in [3.8, 4) is 11.5 Å². The number of carbonyl (C=O) groups is 1. The summed E-state index contributed by atoms with van der Waals surface area (Å²) >= 11 is 0. The minimum atomic E-state index is -0.164.